The van der Waals surface area contributed by atoms with Crippen LogP contribution in [0.5, 0.6) is 0 Å². The zero-order chi connectivity index (χ0) is 20.2. The van der Waals surface area contributed by atoms with Gasteiger partial charge in [-0.15, -0.1) is 0 Å². The van der Waals surface area contributed by atoms with Crippen LogP contribution in [0.4, 0.5) is 5.69 Å². The van der Waals surface area contributed by atoms with Crippen LogP contribution in [-0.2, 0) is 22.4 Å². The molecule has 6 heteroatoms. The summed E-state index contributed by atoms with van der Waals surface area (Å²) in [6.07, 6.45) is 4.07. The molecule has 0 spiro atoms. The fraction of sp³-hybridized carbons (Fsp3) is 0.478. The number of rotatable bonds is 3. The van der Waals surface area contributed by atoms with Crippen molar-refractivity contribution in [1.29, 1.82) is 0 Å². The van der Waals surface area contributed by atoms with E-state index in [4.69, 9.17) is 4.74 Å². The van der Waals surface area contributed by atoms with Crippen LogP contribution in [0.1, 0.15) is 37.9 Å². The molecule has 1 atom stereocenters. The van der Waals surface area contributed by atoms with Crippen LogP contribution >= 0.6 is 0 Å². The van der Waals surface area contributed by atoms with E-state index in [1.165, 1.54) is 17.7 Å². The Morgan fingerprint density at radius 3 is 2.97 bits per heavy atom. The molecule has 3 aromatic rings. The highest BCUT2D eigenvalue weighted by molar-refractivity contribution is 5.97. The van der Waals surface area contributed by atoms with Gasteiger partial charge in [-0.25, -0.2) is 0 Å². The van der Waals surface area contributed by atoms with Crippen molar-refractivity contribution in [2.75, 3.05) is 25.2 Å². The van der Waals surface area contributed by atoms with E-state index in [1.807, 2.05) is 13.1 Å². The molecule has 0 radical (unpaired) electrons. The maximum atomic E-state index is 12.7. The van der Waals surface area contributed by atoms with Crippen molar-refractivity contribution < 1.29 is 9.53 Å². The summed E-state index contributed by atoms with van der Waals surface area (Å²) in [5, 5.41) is 9.02. The normalized spacial score (nSPS) is 20.7. The van der Waals surface area contributed by atoms with E-state index in [-0.39, 0.29) is 11.8 Å². The number of hydrogen-bond donors (Lipinski definition) is 2. The third-order valence-electron chi connectivity index (χ3n) is 6.52. The van der Waals surface area contributed by atoms with Crippen LogP contribution in [-0.4, -0.2) is 41.3 Å². The molecule has 1 saturated heterocycles. The first-order chi connectivity index (χ1) is 13.9. The van der Waals surface area contributed by atoms with Crippen molar-refractivity contribution in [1.82, 2.24) is 15.2 Å². The number of amides is 1. The van der Waals surface area contributed by atoms with Crippen molar-refractivity contribution >= 4 is 22.5 Å². The van der Waals surface area contributed by atoms with Gasteiger partial charge in [0.1, 0.15) is 5.69 Å². The Labute approximate surface area is 170 Å². The summed E-state index contributed by atoms with van der Waals surface area (Å²) >= 11 is 0. The SMILES string of the molecule is CN(C(=O)C1CCOC1)c1ccc2cc(-c3n[nH]c4c3CCC(C)(C)C4)[nH]c2c1. The molecule has 0 saturated carbocycles. The molecule has 6 nitrogen and oxygen atoms in total. The summed E-state index contributed by atoms with van der Waals surface area (Å²) in [5.41, 5.74) is 6.91. The number of fused-ring (bicyclic) bond motifs is 2. The number of anilines is 1. The highest BCUT2D eigenvalue weighted by Crippen LogP contribution is 2.38. The largest absolute Gasteiger partial charge is 0.381 e. The molecular weight excluding hydrogens is 364 g/mol. The number of aromatic nitrogens is 3. The lowest BCUT2D eigenvalue weighted by molar-refractivity contribution is -0.122. The van der Waals surface area contributed by atoms with Crippen molar-refractivity contribution in [3.8, 4) is 11.4 Å². The zero-order valence-corrected chi connectivity index (χ0v) is 17.3. The van der Waals surface area contributed by atoms with E-state index in [0.29, 0.717) is 18.6 Å². The molecule has 1 fully saturated rings. The van der Waals surface area contributed by atoms with Crippen LogP contribution in [0.15, 0.2) is 24.3 Å². The molecule has 5 rings (SSSR count). The Bertz CT molecular complexity index is 1070. The molecule has 152 valence electrons. The average Bonchev–Trinajstić information content (AvgIpc) is 3.43. The fourth-order valence-corrected chi connectivity index (χ4v) is 4.65. The van der Waals surface area contributed by atoms with Crippen molar-refractivity contribution in [2.45, 2.75) is 39.5 Å². The topological polar surface area (TPSA) is 74.0 Å². The van der Waals surface area contributed by atoms with Gasteiger partial charge in [0.25, 0.3) is 0 Å². The summed E-state index contributed by atoms with van der Waals surface area (Å²) in [7, 11) is 1.84. The second-order valence-corrected chi connectivity index (χ2v) is 9.28. The highest BCUT2D eigenvalue weighted by Gasteiger charge is 2.30. The predicted molar refractivity (Wildman–Crippen MR) is 114 cm³/mol. The number of hydrogen-bond acceptors (Lipinski definition) is 3. The Kier molecular flexibility index (Phi) is 4.28. The van der Waals surface area contributed by atoms with Crippen molar-refractivity contribution in [2.24, 2.45) is 11.3 Å². The van der Waals surface area contributed by atoms with Crippen LogP contribution < -0.4 is 4.90 Å². The van der Waals surface area contributed by atoms with Crippen LogP contribution in [0.2, 0.25) is 0 Å². The Balaban J connectivity index is 1.45. The number of benzene rings is 1. The summed E-state index contributed by atoms with van der Waals surface area (Å²) < 4.78 is 5.37. The van der Waals surface area contributed by atoms with E-state index in [9.17, 15) is 4.79 Å². The molecule has 1 unspecified atom stereocenters. The van der Waals surface area contributed by atoms with Gasteiger partial charge in [-0.05, 0) is 49.3 Å². The van der Waals surface area contributed by atoms with Crippen LogP contribution in [0.25, 0.3) is 22.3 Å². The van der Waals surface area contributed by atoms with Gasteiger partial charge in [-0.2, -0.15) is 5.10 Å². The summed E-state index contributed by atoms with van der Waals surface area (Å²) in [6.45, 7) is 5.83. The maximum absolute atomic E-state index is 12.7. The average molecular weight is 393 g/mol. The van der Waals surface area contributed by atoms with Gasteiger partial charge < -0.3 is 14.6 Å². The number of carbonyl (C=O) groups is 1. The second kappa shape index (κ2) is 6.73. The van der Waals surface area contributed by atoms with E-state index in [2.05, 4.69) is 47.2 Å². The fourth-order valence-electron chi connectivity index (χ4n) is 4.65. The second-order valence-electron chi connectivity index (χ2n) is 9.28. The smallest absolute Gasteiger partial charge is 0.232 e. The first-order valence-electron chi connectivity index (χ1n) is 10.5. The van der Waals surface area contributed by atoms with Gasteiger partial charge in [0.15, 0.2) is 0 Å². The summed E-state index contributed by atoms with van der Waals surface area (Å²) in [4.78, 5) is 18.0. The lowest BCUT2D eigenvalue weighted by Gasteiger charge is -2.28. The van der Waals surface area contributed by atoms with Gasteiger partial charge in [-0.1, -0.05) is 19.9 Å². The lowest BCUT2D eigenvalue weighted by atomic mass is 9.76. The van der Waals surface area contributed by atoms with E-state index in [1.54, 1.807) is 4.90 Å². The first kappa shape index (κ1) is 18.4. The summed E-state index contributed by atoms with van der Waals surface area (Å²) in [5.74, 6) is 0.0901. The molecule has 2 aliphatic rings. The number of ether oxygens (including phenoxy) is 1. The molecule has 3 heterocycles. The third-order valence-corrected chi connectivity index (χ3v) is 6.52. The number of H-pyrrole nitrogens is 2. The number of nitrogens with one attached hydrogen (secondary N) is 2. The van der Waals surface area contributed by atoms with Crippen molar-refractivity contribution in [3.63, 3.8) is 0 Å². The third kappa shape index (κ3) is 3.25. The van der Waals surface area contributed by atoms with Gasteiger partial charge in [0, 0.05) is 41.5 Å². The molecule has 0 bridgehead atoms. The molecular formula is C23H28N4O2. The molecule has 1 aromatic carbocycles. The lowest BCUT2D eigenvalue weighted by Crippen LogP contribution is -2.33. The predicted octanol–water partition coefficient (Wildman–Crippen LogP) is 4.07. The Morgan fingerprint density at radius 1 is 1.31 bits per heavy atom. The molecule has 1 aliphatic heterocycles. The minimum absolute atomic E-state index is 0.0327. The van der Waals surface area contributed by atoms with E-state index in [0.717, 1.165) is 47.2 Å². The molecule has 2 N–H and O–H groups in total. The van der Waals surface area contributed by atoms with Gasteiger partial charge in [-0.3, -0.25) is 9.89 Å². The standard InChI is InChI=1S/C23H28N4O2/c1-23(2)8-6-17-20(12-23)25-26-21(17)19-10-14-4-5-16(11-18(14)24-19)27(3)22(28)15-7-9-29-13-15/h4-5,10-11,15,24H,6-9,12-13H2,1-3H3,(H,25,26). The van der Waals surface area contributed by atoms with E-state index >= 15 is 0 Å². The highest BCUT2D eigenvalue weighted by atomic mass is 16.5. The Hall–Kier alpha value is -2.60. The quantitative estimate of drug-likeness (QED) is 0.706. The minimum Gasteiger partial charge on any atom is -0.381 e. The summed E-state index contributed by atoms with van der Waals surface area (Å²) in [6, 6.07) is 8.29. The van der Waals surface area contributed by atoms with Crippen LogP contribution in [0, 0.1) is 11.3 Å². The molecule has 2 aromatic heterocycles. The molecule has 1 amide bonds. The van der Waals surface area contributed by atoms with E-state index < -0.39 is 0 Å². The minimum atomic E-state index is -0.0327. The number of aromatic amines is 2. The molecule has 29 heavy (non-hydrogen) atoms. The molecule has 1 aliphatic carbocycles. The van der Waals surface area contributed by atoms with Gasteiger partial charge in [0.2, 0.25) is 5.91 Å². The van der Waals surface area contributed by atoms with Gasteiger partial charge >= 0.3 is 0 Å². The van der Waals surface area contributed by atoms with Gasteiger partial charge in [0.05, 0.1) is 18.2 Å². The number of nitrogens with zero attached hydrogens (tertiary/aromatic N) is 2. The monoisotopic (exact) mass is 392 g/mol. The number of carbonyl (C=O) groups excluding carboxylic acids is 1. The maximum Gasteiger partial charge on any atom is 0.232 e. The first-order valence-corrected chi connectivity index (χ1v) is 10.5. The zero-order valence-electron chi connectivity index (χ0n) is 17.3. The van der Waals surface area contributed by atoms with Crippen LogP contribution in [0.3, 0.4) is 0 Å². The van der Waals surface area contributed by atoms with Crippen molar-refractivity contribution in [3.05, 3.63) is 35.5 Å². The Morgan fingerprint density at radius 2 is 2.17 bits per heavy atom.